The maximum Gasteiger partial charge on any atom is 0.336 e. The lowest BCUT2D eigenvalue weighted by atomic mass is 9.70. The predicted octanol–water partition coefficient (Wildman–Crippen LogP) is 13.0. The van der Waals surface area contributed by atoms with Gasteiger partial charge in [-0.05, 0) is 163 Å². The maximum atomic E-state index is 12.2. The minimum atomic E-state index is -1.45. The quantitative estimate of drug-likeness (QED) is 0.136. The third kappa shape index (κ3) is 5.53. The van der Waals surface area contributed by atoms with Crippen LogP contribution in [0, 0.1) is 27.7 Å². The Balaban J connectivity index is 0.000000169. The number of aromatic carboxylic acids is 4. The second-order valence-electron chi connectivity index (χ2n) is 17.8. The van der Waals surface area contributed by atoms with Crippen molar-refractivity contribution < 1.29 is 41.0 Å². The summed E-state index contributed by atoms with van der Waals surface area (Å²) in [6.07, 6.45) is 0. The Bertz CT molecular complexity index is 3330. The summed E-state index contributed by atoms with van der Waals surface area (Å²) in [5, 5.41) is 39.4. The van der Waals surface area contributed by atoms with Gasteiger partial charge in [-0.2, -0.15) is 0 Å². The highest BCUT2D eigenvalue weighted by Crippen LogP contribution is 2.65. The molecule has 0 saturated heterocycles. The number of fused-ring (bicyclic) bond motifs is 20. The molecule has 0 aliphatic heterocycles. The molecule has 0 bridgehead atoms. The van der Waals surface area contributed by atoms with E-state index in [1.807, 2.05) is 48.5 Å². The Morgan fingerprint density at radius 2 is 0.537 bits per heavy atom. The molecule has 0 amide bonds. The van der Waals surface area contributed by atoms with Crippen molar-refractivity contribution in [2.45, 2.75) is 46.0 Å². The SMILES string of the molecule is C.Cc1cc2c(cc1C)C1(c3ccccc3-c3ccccc31)c1cc(C)c(C)cc1-2.O=C(O)c1cc2c(cc1C(=O)O)C1(c3ccccc3-c3ccccc31)c1cc(C(=O)O)c(C(=O)O)cc1-2.[2HH]. The molecule has 8 nitrogen and oxygen atoms in total. The average Bonchev–Trinajstić information content (AvgIpc) is 3.97. The minimum Gasteiger partial charge on any atom is -0.478 e. The minimum absolute atomic E-state index is 0. The zero-order valence-electron chi connectivity index (χ0n) is 36.3. The van der Waals surface area contributed by atoms with Crippen LogP contribution in [-0.4, -0.2) is 44.3 Å². The standard InChI is InChI=1S/C29H16O8.C29H24.CH4.H2/c30-25(31)17-9-15-16-10-18(26(32)33)20(28(36)37)12-24(16)29(23(15)11-19(17)27(34)35)21-7-3-1-5-13(21)14-6-2-4-8-22(14)29;1-17-13-23-24-14-18(2)20(4)16-28(24)29(27(23)15-19(17)3)25-11-7-5-9-21(25)22-10-6-8-12-26(22)29;;/h1-12H,(H,30,31)(H,32,33)(H,34,35)(H,36,37);5-16H,1-4H3;1H4;1H/i;;;1+1. The highest BCUT2D eigenvalue weighted by Gasteiger charge is 2.54. The fourth-order valence-electron chi connectivity index (χ4n) is 11.6. The summed E-state index contributed by atoms with van der Waals surface area (Å²) in [7, 11) is 0. The average molecular weight is 884 g/mol. The molecule has 8 heteroatoms. The van der Waals surface area contributed by atoms with Crippen LogP contribution in [0.5, 0.6) is 0 Å². The van der Waals surface area contributed by atoms with Gasteiger partial charge in [0.25, 0.3) is 0 Å². The van der Waals surface area contributed by atoms with Gasteiger partial charge in [0, 0.05) is 1.43 Å². The molecule has 0 fully saturated rings. The van der Waals surface area contributed by atoms with Gasteiger partial charge >= 0.3 is 23.9 Å². The Labute approximate surface area is 388 Å². The zero-order valence-corrected chi connectivity index (χ0v) is 36.3. The molecule has 0 saturated carbocycles. The van der Waals surface area contributed by atoms with E-state index in [9.17, 15) is 39.6 Å². The summed E-state index contributed by atoms with van der Waals surface area (Å²) in [5.74, 6) is -5.75. The third-order valence-corrected chi connectivity index (χ3v) is 14.6. The fraction of sp³-hybridized carbons (Fsp3) is 0.119. The molecule has 0 atom stereocenters. The molecule has 8 aromatic rings. The van der Waals surface area contributed by atoms with E-state index >= 15 is 0 Å². The van der Waals surface area contributed by atoms with Gasteiger partial charge in [0.2, 0.25) is 0 Å². The lowest BCUT2D eigenvalue weighted by Crippen LogP contribution is -2.27. The van der Waals surface area contributed by atoms with Crippen LogP contribution in [0.4, 0.5) is 0 Å². The first kappa shape index (κ1) is 42.6. The molecule has 4 N–H and O–H groups in total. The summed E-state index contributed by atoms with van der Waals surface area (Å²) < 4.78 is 0. The first-order chi connectivity index (χ1) is 31.7. The molecular formula is C59H46O8. The smallest absolute Gasteiger partial charge is 0.336 e. The van der Waals surface area contributed by atoms with Crippen LogP contribution in [-0.2, 0) is 10.8 Å². The Morgan fingerprint density at radius 1 is 0.313 bits per heavy atom. The van der Waals surface area contributed by atoms with Crippen molar-refractivity contribution in [2.75, 3.05) is 0 Å². The summed E-state index contributed by atoms with van der Waals surface area (Å²) in [6.45, 7) is 8.96. The van der Waals surface area contributed by atoms with Gasteiger partial charge in [-0.1, -0.05) is 129 Å². The number of hydrogen-bond donors (Lipinski definition) is 4. The topological polar surface area (TPSA) is 149 Å². The number of benzene rings is 8. The van der Waals surface area contributed by atoms with Gasteiger partial charge in [-0.15, -0.1) is 0 Å². The molecule has 0 aromatic heterocycles. The van der Waals surface area contributed by atoms with Crippen LogP contribution in [0.25, 0.3) is 44.5 Å². The molecule has 12 rings (SSSR count). The van der Waals surface area contributed by atoms with Crippen molar-refractivity contribution >= 4 is 23.9 Å². The molecule has 330 valence electrons. The maximum absolute atomic E-state index is 12.2. The predicted molar refractivity (Wildman–Crippen MR) is 261 cm³/mol. The molecule has 0 radical (unpaired) electrons. The van der Waals surface area contributed by atoms with E-state index in [-0.39, 0.29) is 14.3 Å². The van der Waals surface area contributed by atoms with E-state index in [1.54, 1.807) is 0 Å². The molecule has 4 aliphatic carbocycles. The second kappa shape index (κ2) is 14.8. The van der Waals surface area contributed by atoms with Crippen LogP contribution in [0.15, 0.2) is 146 Å². The van der Waals surface area contributed by atoms with Gasteiger partial charge in [0.05, 0.1) is 33.1 Å². The Hall–Kier alpha value is -8.36. The number of hydrogen-bond acceptors (Lipinski definition) is 4. The van der Waals surface area contributed by atoms with E-state index in [0.717, 1.165) is 22.3 Å². The summed E-state index contributed by atoms with van der Waals surface area (Å²) >= 11 is 0. The third-order valence-electron chi connectivity index (χ3n) is 14.6. The van der Waals surface area contributed by atoms with Crippen LogP contribution in [0.2, 0.25) is 0 Å². The first-order valence-corrected chi connectivity index (χ1v) is 21.6. The van der Waals surface area contributed by atoms with Gasteiger partial charge in [-0.3, -0.25) is 0 Å². The monoisotopic (exact) mass is 883 g/mol. The van der Waals surface area contributed by atoms with Crippen molar-refractivity contribution in [3.63, 3.8) is 0 Å². The second-order valence-corrected chi connectivity index (χ2v) is 17.8. The molecule has 8 aromatic carbocycles. The fourth-order valence-corrected chi connectivity index (χ4v) is 11.6. The summed E-state index contributed by atoms with van der Waals surface area (Å²) in [6, 6.07) is 47.8. The van der Waals surface area contributed by atoms with Crippen molar-refractivity contribution in [2.24, 2.45) is 0 Å². The normalized spacial score (nSPS) is 13.7. The van der Waals surface area contributed by atoms with E-state index in [1.165, 1.54) is 91.0 Å². The van der Waals surface area contributed by atoms with E-state index in [2.05, 4.69) is 100 Å². The molecular weight excluding hydrogens is 837 g/mol. The number of aryl methyl sites for hydroxylation is 4. The molecule has 4 aliphatic rings. The lowest BCUT2D eigenvalue weighted by molar-refractivity contribution is 0.0651. The van der Waals surface area contributed by atoms with Crippen LogP contribution < -0.4 is 0 Å². The number of carboxylic acid groups (broad SMARTS) is 4. The van der Waals surface area contributed by atoms with Gasteiger partial charge in [-0.25, -0.2) is 19.2 Å². The number of carboxylic acids is 4. The molecule has 67 heavy (non-hydrogen) atoms. The van der Waals surface area contributed by atoms with Crippen molar-refractivity contribution in [1.82, 2.24) is 0 Å². The van der Waals surface area contributed by atoms with Crippen LogP contribution in [0.3, 0.4) is 0 Å². The molecule has 0 heterocycles. The largest absolute Gasteiger partial charge is 0.478 e. The highest BCUT2D eigenvalue weighted by molar-refractivity contribution is 6.08. The molecule has 2 spiro atoms. The van der Waals surface area contributed by atoms with Crippen molar-refractivity contribution in [1.29, 1.82) is 0 Å². The van der Waals surface area contributed by atoms with E-state index in [0.29, 0.717) is 22.3 Å². The van der Waals surface area contributed by atoms with Crippen LogP contribution >= 0.6 is 0 Å². The Morgan fingerprint density at radius 3 is 0.821 bits per heavy atom. The number of rotatable bonds is 4. The Kier molecular flexibility index (Phi) is 9.43. The summed E-state index contributed by atoms with van der Waals surface area (Å²) in [5.41, 5.74) is 18.4. The zero-order chi connectivity index (χ0) is 46.1. The van der Waals surface area contributed by atoms with E-state index in [4.69, 9.17) is 0 Å². The van der Waals surface area contributed by atoms with Crippen molar-refractivity contribution in [3.8, 4) is 44.5 Å². The lowest BCUT2D eigenvalue weighted by Gasteiger charge is -2.31. The van der Waals surface area contributed by atoms with Crippen LogP contribution in [0.1, 0.15) is 117 Å². The highest BCUT2D eigenvalue weighted by atomic mass is 16.4. The van der Waals surface area contributed by atoms with Gasteiger partial charge < -0.3 is 20.4 Å². The van der Waals surface area contributed by atoms with E-state index < -0.39 is 51.5 Å². The van der Waals surface area contributed by atoms with Gasteiger partial charge in [0.1, 0.15) is 0 Å². The van der Waals surface area contributed by atoms with Gasteiger partial charge in [0.15, 0.2) is 0 Å². The molecule has 0 unspecified atom stereocenters. The van der Waals surface area contributed by atoms with Crippen molar-refractivity contribution in [3.05, 3.63) is 235 Å². The summed E-state index contributed by atoms with van der Waals surface area (Å²) in [4.78, 5) is 48.4. The first-order valence-electron chi connectivity index (χ1n) is 21.6. The number of carbonyl (C=O) groups is 4.